The number of amides is 1. The molecule has 0 aromatic carbocycles. The Morgan fingerprint density at radius 3 is 2.54 bits per heavy atom. The third-order valence-electron chi connectivity index (χ3n) is 1.43. The summed E-state index contributed by atoms with van der Waals surface area (Å²) in [6.07, 6.45) is 1.62. The second-order valence-corrected chi connectivity index (χ2v) is 2.71. The summed E-state index contributed by atoms with van der Waals surface area (Å²) < 4.78 is 0. The van der Waals surface area contributed by atoms with Gasteiger partial charge < -0.3 is 16.2 Å². The molecule has 0 rings (SSSR count). The number of aliphatic carboxylic acids is 1. The van der Waals surface area contributed by atoms with Gasteiger partial charge in [-0.1, -0.05) is 6.08 Å². The van der Waals surface area contributed by atoms with E-state index in [-0.39, 0.29) is 6.42 Å². The normalized spacial score (nSPS) is 14.3. The lowest BCUT2D eigenvalue weighted by molar-refractivity contribution is -0.141. The van der Waals surface area contributed by atoms with Gasteiger partial charge in [-0.3, -0.25) is 4.79 Å². The first-order valence-electron chi connectivity index (χ1n) is 3.88. The topological polar surface area (TPSA) is 92.4 Å². The van der Waals surface area contributed by atoms with E-state index in [9.17, 15) is 9.59 Å². The van der Waals surface area contributed by atoms with Gasteiger partial charge in [-0.05, 0) is 13.3 Å². The predicted molar refractivity (Wildman–Crippen MR) is 48.0 cm³/mol. The summed E-state index contributed by atoms with van der Waals surface area (Å²) >= 11 is 0. The molecule has 0 saturated carbocycles. The van der Waals surface area contributed by atoms with Crippen LogP contribution >= 0.6 is 0 Å². The summed E-state index contributed by atoms with van der Waals surface area (Å²) in [5, 5.41) is 10.9. The quantitative estimate of drug-likeness (QED) is 0.504. The fourth-order valence-electron chi connectivity index (χ4n) is 0.691. The number of carboxylic acid groups (broad SMARTS) is 1. The van der Waals surface area contributed by atoms with Crippen LogP contribution in [0.2, 0.25) is 0 Å². The second-order valence-electron chi connectivity index (χ2n) is 2.71. The molecule has 0 fully saturated rings. The van der Waals surface area contributed by atoms with Crippen LogP contribution < -0.4 is 11.1 Å². The average molecular weight is 186 g/mol. The van der Waals surface area contributed by atoms with E-state index in [2.05, 4.69) is 11.9 Å². The molecule has 1 amide bonds. The van der Waals surface area contributed by atoms with Crippen LogP contribution in [0.3, 0.4) is 0 Å². The molecule has 0 aromatic heterocycles. The van der Waals surface area contributed by atoms with Crippen molar-refractivity contribution in [1.82, 2.24) is 5.32 Å². The molecule has 4 N–H and O–H groups in total. The molecule has 0 aliphatic carbocycles. The van der Waals surface area contributed by atoms with Gasteiger partial charge in [-0.2, -0.15) is 0 Å². The minimum atomic E-state index is -1.09. The molecule has 0 radical (unpaired) electrons. The van der Waals surface area contributed by atoms with Crippen LogP contribution in [0.5, 0.6) is 0 Å². The molecule has 0 aliphatic heterocycles. The number of rotatable bonds is 5. The van der Waals surface area contributed by atoms with Gasteiger partial charge in [-0.25, -0.2) is 4.79 Å². The van der Waals surface area contributed by atoms with Gasteiger partial charge in [0.1, 0.15) is 6.04 Å². The van der Waals surface area contributed by atoms with Crippen LogP contribution in [-0.4, -0.2) is 29.1 Å². The van der Waals surface area contributed by atoms with Crippen molar-refractivity contribution in [1.29, 1.82) is 0 Å². The molecule has 5 nitrogen and oxygen atoms in total. The number of nitrogens with two attached hydrogens (primary N) is 1. The maximum Gasteiger partial charge on any atom is 0.326 e. The molecule has 0 heterocycles. The molecule has 13 heavy (non-hydrogen) atoms. The van der Waals surface area contributed by atoms with E-state index >= 15 is 0 Å². The molecule has 0 bridgehead atoms. The van der Waals surface area contributed by atoms with Crippen molar-refractivity contribution >= 4 is 11.9 Å². The zero-order valence-electron chi connectivity index (χ0n) is 7.49. The lowest BCUT2D eigenvalue weighted by Gasteiger charge is -2.13. The Kier molecular flexibility index (Phi) is 4.76. The van der Waals surface area contributed by atoms with E-state index in [0.29, 0.717) is 0 Å². The van der Waals surface area contributed by atoms with E-state index < -0.39 is 24.0 Å². The lowest BCUT2D eigenvalue weighted by Crippen LogP contribution is -2.47. The first-order chi connectivity index (χ1) is 5.99. The summed E-state index contributed by atoms with van der Waals surface area (Å²) in [7, 11) is 0. The molecule has 5 heteroatoms. The molecule has 0 aromatic rings. The number of carbonyl (C=O) groups is 2. The summed E-state index contributed by atoms with van der Waals surface area (Å²) in [5.41, 5.74) is 5.25. The molecule has 74 valence electrons. The highest BCUT2D eigenvalue weighted by Crippen LogP contribution is 1.93. The largest absolute Gasteiger partial charge is 0.480 e. The number of carbonyl (C=O) groups excluding carboxylic acids is 1. The van der Waals surface area contributed by atoms with Crippen LogP contribution in [0.4, 0.5) is 0 Å². The Bertz CT molecular complexity index is 213. The first-order valence-corrected chi connectivity index (χ1v) is 3.88. The Labute approximate surface area is 76.6 Å². The van der Waals surface area contributed by atoms with E-state index in [1.54, 1.807) is 0 Å². The predicted octanol–water partition coefficient (Wildman–Crippen LogP) is -0.521. The second kappa shape index (κ2) is 5.31. The SMILES string of the molecule is C=CCC(NC(=O)[C@H](C)N)C(=O)O. The molecule has 0 spiro atoms. The zero-order valence-corrected chi connectivity index (χ0v) is 7.49. The van der Waals surface area contributed by atoms with Crippen LogP contribution in [0.15, 0.2) is 12.7 Å². The Morgan fingerprint density at radius 2 is 2.23 bits per heavy atom. The highest BCUT2D eigenvalue weighted by atomic mass is 16.4. The molecular weight excluding hydrogens is 172 g/mol. The number of hydrogen-bond donors (Lipinski definition) is 3. The van der Waals surface area contributed by atoms with Gasteiger partial charge in [-0.15, -0.1) is 6.58 Å². The molecule has 0 saturated heterocycles. The monoisotopic (exact) mass is 186 g/mol. The van der Waals surface area contributed by atoms with Gasteiger partial charge in [0.25, 0.3) is 0 Å². The first kappa shape index (κ1) is 11.6. The third kappa shape index (κ3) is 4.27. The van der Waals surface area contributed by atoms with Crippen molar-refractivity contribution in [3.8, 4) is 0 Å². The fourth-order valence-corrected chi connectivity index (χ4v) is 0.691. The van der Waals surface area contributed by atoms with Crippen molar-refractivity contribution in [2.75, 3.05) is 0 Å². The van der Waals surface area contributed by atoms with Gasteiger partial charge in [0, 0.05) is 0 Å². The number of nitrogens with one attached hydrogen (secondary N) is 1. The summed E-state index contributed by atoms with van der Waals surface area (Å²) in [6.45, 7) is 4.88. The highest BCUT2D eigenvalue weighted by Gasteiger charge is 2.19. The molecule has 1 unspecified atom stereocenters. The lowest BCUT2D eigenvalue weighted by atomic mass is 10.2. The molecule has 2 atom stereocenters. The van der Waals surface area contributed by atoms with Crippen molar-refractivity contribution in [3.63, 3.8) is 0 Å². The van der Waals surface area contributed by atoms with Crippen molar-refractivity contribution < 1.29 is 14.7 Å². The van der Waals surface area contributed by atoms with E-state index in [1.165, 1.54) is 13.0 Å². The van der Waals surface area contributed by atoms with Gasteiger partial charge in [0.05, 0.1) is 6.04 Å². The number of carboxylic acids is 1. The summed E-state index contributed by atoms with van der Waals surface area (Å²) in [5.74, 6) is -1.57. The third-order valence-corrected chi connectivity index (χ3v) is 1.43. The van der Waals surface area contributed by atoms with E-state index in [1.807, 2.05) is 0 Å². The maximum atomic E-state index is 11.0. The summed E-state index contributed by atoms with van der Waals surface area (Å²) in [6, 6.07) is -1.64. The zero-order chi connectivity index (χ0) is 10.4. The van der Waals surface area contributed by atoms with Crippen molar-refractivity contribution in [2.45, 2.75) is 25.4 Å². The van der Waals surface area contributed by atoms with Crippen molar-refractivity contribution in [3.05, 3.63) is 12.7 Å². The van der Waals surface area contributed by atoms with E-state index in [4.69, 9.17) is 10.8 Å². The fraction of sp³-hybridized carbons (Fsp3) is 0.500. The number of hydrogen-bond acceptors (Lipinski definition) is 3. The highest BCUT2D eigenvalue weighted by molar-refractivity contribution is 5.86. The van der Waals surface area contributed by atoms with Crippen LogP contribution in [0.25, 0.3) is 0 Å². The smallest absolute Gasteiger partial charge is 0.326 e. The minimum absolute atomic E-state index is 0.188. The summed E-state index contributed by atoms with van der Waals surface area (Å²) in [4.78, 5) is 21.5. The average Bonchev–Trinajstić information content (AvgIpc) is 2.03. The Balaban J connectivity index is 4.17. The Hall–Kier alpha value is -1.36. The van der Waals surface area contributed by atoms with Crippen LogP contribution in [0.1, 0.15) is 13.3 Å². The molecule has 0 aliphatic rings. The van der Waals surface area contributed by atoms with E-state index in [0.717, 1.165) is 0 Å². The van der Waals surface area contributed by atoms with Crippen molar-refractivity contribution in [2.24, 2.45) is 5.73 Å². The van der Waals surface area contributed by atoms with Gasteiger partial charge >= 0.3 is 5.97 Å². The standard InChI is InChI=1S/C8H14N2O3/c1-3-4-6(8(12)13)10-7(11)5(2)9/h3,5-6H,1,4,9H2,2H3,(H,10,11)(H,12,13)/t5-,6?/m0/s1. The van der Waals surface area contributed by atoms with Gasteiger partial charge in [0.2, 0.25) is 5.91 Å². The van der Waals surface area contributed by atoms with Crippen LogP contribution in [0, 0.1) is 0 Å². The van der Waals surface area contributed by atoms with Gasteiger partial charge in [0.15, 0.2) is 0 Å². The maximum absolute atomic E-state index is 11.0. The molecular formula is C8H14N2O3. The minimum Gasteiger partial charge on any atom is -0.480 e. The van der Waals surface area contributed by atoms with Crippen LogP contribution in [-0.2, 0) is 9.59 Å². The Morgan fingerprint density at radius 1 is 1.69 bits per heavy atom.